The van der Waals surface area contributed by atoms with Crippen molar-refractivity contribution < 1.29 is 22.7 Å². The number of fused-ring (bicyclic) bond motifs is 1. The molecule has 0 aliphatic carbocycles. The fourth-order valence-corrected chi connectivity index (χ4v) is 3.81. The molecule has 1 aromatic heterocycles. The average molecular weight is 427 g/mol. The smallest absolute Gasteiger partial charge is 0.418 e. The number of benzene rings is 3. The van der Waals surface area contributed by atoms with Crippen LogP contribution in [-0.4, -0.2) is 5.91 Å². The maximum atomic E-state index is 13.1. The molecule has 0 aliphatic heterocycles. The number of anilines is 1. The van der Waals surface area contributed by atoms with Gasteiger partial charge < -0.3 is 10.1 Å². The molecule has 7 heteroatoms. The Labute approximate surface area is 174 Å². The van der Waals surface area contributed by atoms with Crippen LogP contribution in [0, 0.1) is 0 Å². The molecule has 3 aromatic carbocycles. The first kappa shape index (κ1) is 20.0. The van der Waals surface area contributed by atoms with E-state index >= 15 is 0 Å². The van der Waals surface area contributed by atoms with Crippen LogP contribution in [0.15, 0.2) is 78.2 Å². The zero-order valence-electron chi connectivity index (χ0n) is 15.6. The molecule has 1 N–H and O–H groups in total. The van der Waals surface area contributed by atoms with Crippen molar-refractivity contribution in [1.29, 1.82) is 0 Å². The summed E-state index contributed by atoms with van der Waals surface area (Å²) in [6.07, 6.45) is -4.54. The summed E-state index contributed by atoms with van der Waals surface area (Å²) < 4.78 is 45.1. The molecule has 0 unspecified atom stereocenters. The maximum Gasteiger partial charge on any atom is 0.418 e. The fraction of sp³-hybridized carbons (Fsp3) is 0.0870. The molecule has 30 heavy (non-hydrogen) atoms. The number of ether oxygens (including phenoxy) is 1. The van der Waals surface area contributed by atoms with Crippen LogP contribution in [-0.2, 0) is 12.8 Å². The molecular weight excluding hydrogens is 411 g/mol. The zero-order valence-corrected chi connectivity index (χ0v) is 16.4. The molecule has 4 aromatic rings. The molecule has 0 aliphatic rings. The number of thiophene rings is 1. The van der Waals surface area contributed by atoms with Crippen LogP contribution < -0.4 is 10.1 Å². The van der Waals surface area contributed by atoms with Crippen LogP contribution in [0.25, 0.3) is 10.8 Å². The van der Waals surface area contributed by atoms with Gasteiger partial charge in [-0.15, -0.1) is 11.3 Å². The molecule has 0 saturated heterocycles. The Hall–Kier alpha value is -3.32. The molecule has 0 fully saturated rings. The molecular formula is C23H16F3NO2S. The lowest BCUT2D eigenvalue weighted by Gasteiger charge is -2.12. The fourth-order valence-electron chi connectivity index (χ4n) is 3.02. The van der Waals surface area contributed by atoms with Crippen molar-refractivity contribution in [2.45, 2.75) is 12.8 Å². The maximum absolute atomic E-state index is 13.1. The number of nitrogens with one attached hydrogen (secondary N) is 1. The molecule has 4 rings (SSSR count). The van der Waals surface area contributed by atoms with Crippen molar-refractivity contribution in [3.63, 3.8) is 0 Å². The Balaban J connectivity index is 1.43. The van der Waals surface area contributed by atoms with E-state index < -0.39 is 17.6 Å². The first-order chi connectivity index (χ1) is 14.4. The Morgan fingerprint density at radius 3 is 2.47 bits per heavy atom. The first-order valence-corrected chi connectivity index (χ1v) is 9.95. The van der Waals surface area contributed by atoms with Gasteiger partial charge in [-0.25, -0.2) is 0 Å². The van der Waals surface area contributed by atoms with E-state index in [1.807, 2.05) is 42.5 Å². The summed E-state index contributed by atoms with van der Waals surface area (Å²) in [4.78, 5) is 12.7. The monoisotopic (exact) mass is 427 g/mol. The Kier molecular flexibility index (Phi) is 5.46. The van der Waals surface area contributed by atoms with Gasteiger partial charge in [0.1, 0.15) is 12.4 Å². The van der Waals surface area contributed by atoms with Crippen molar-refractivity contribution in [1.82, 2.24) is 0 Å². The second kappa shape index (κ2) is 8.20. The summed E-state index contributed by atoms with van der Waals surface area (Å²) in [7, 11) is 0. The van der Waals surface area contributed by atoms with Crippen LogP contribution in [0.2, 0.25) is 0 Å². The standard InChI is InChI=1S/C23H16F3NO2S/c24-23(25,26)19-7-3-4-8-20(19)27-22(28)21-11-15(14-30-21)13-29-18-10-9-16-5-1-2-6-17(16)12-18/h1-12,14H,13H2,(H,27,28). The Morgan fingerprint density at radius 1 is 0.933 bits per heavy atom. The van der Waals surface area contributed by atoms with Crippen molar-refractivity contribution in [2.75, 3.05) is 5.32 Å². The van der Waals surface area contributed by atoms with Crippen molar-refractivity contribution >= 4 is 33.7 Å². The van der Waals surface area contributed by atoms with Crippen LogP contribution in [0.3, 0.4) is 0 Å². The van der Waals surface area contributed by atoms with Gasteiger partial charge in [-0.1, -0.05) is 42.5 Å². The highest BCUT2D eigenvalue weighted by atomic mass is 32.1. The van der Waals surface area contributed by atoms with Crippen LogP contribution in [0.4, 0.5) is 18.9 Å². The number of hydrogen-bond donors (Lipinski definition) is 1. The highest BCUT2D eigenvalue weighted by Gasteiger charge is 2.33. The molecule has 1 amide bonds. The number of halogens is 3. The molecule has 1 heterocycles. The second-order valence-corrected chi connectivity index (χ2v) is 7.53. The van der Waals surface area contributed by atoms with Gasteiger partial charge in [0.25, 0.3) is 5.91 Å². The number of alkyl halides is 3. The summed E-state index contributed by atoms with van der Waals surface area (Å²) in [5, 5.41) is 6.28. The van der Waals surface area contributed by atoms with E-state index in [4.69, 9.17) is 4.74 Å². The largest absolute Gasteiger partial charge is 0.489 e. The molecule has 152 valence electrons. The van der Waals surface area contributed by atoms with E-state index in [1.165, 1.54) is 18.2 Å². The van der Waals surface area contributed by atoms with Gasteiger partial charge in [-0.2, -0.15) is 13.2 Å². The Morgan fingerprint density at radius 2 is 1.67 bits per heavy atom. The van der Waals surface area contributed by atoms with E-state index in [0.29, 0.717) is 10.6 Å². The third-order valence-corrected chi connectivity index (χ3v) is 5.46. The molecule has 3 nitrogen and oxygen atoms in total. The zero-order chi connectivity index (χ0) is 21.1. The van der Waals surface area contributed by atoms with Crippen LogP contribution in [0.1, 0.15) is 20.8 Å². The normalized spacial score (nSPS) is 11.4. The van der Waals surface area contributed by atoms with Crippen molar-refractivity contribution in [2.24, 2.45) is 0 Å². The SMILES string of the molecule is O=C(Nc1ccccc1C(F)(F)F)c1cc(COc2ccc3ccccc3c2)cs1. The van der Waals surface area contributed by atoms with Gasteiger partial charge in [0.15, 0.2) is 0 Å². The summed E-state index contributed by atoms with van der Waals surface area (Å²) in [5.74, 6) is 0.110. The van der Waals surface area contributed by atoms with Crippen LogP contribution >= 0.6 is 11.3 Å². The predicted molar refractivity (Wildman–Crippen MR) is 112 cm³/mol. The van der Waals surface area contributed by atoms with Gasteiger partial charge in [0, 0.05) is 5.56 Å². The van der Waals surface area contributed by atoms with E-state index in [-0.39, 0.29) is 12.3 Å². The number of rotatable bonds is 5. The number of hydrogen-bond acceptors (Lipinski definition) is 3. The molecule has 0 spiro atoms. The second-order valence-electron chi connectivity index (χ2n) is 6.61. The summed E-state index contributed by atoms with van der Waals surface area (Å²) in [6.45, 7) is 0.251. The summed E-state index contributed by atoms with van der Waals surface area (Å²) in [5.41, 5.74) is -0.380. The average Bonchev–Trinajstić information content (AvgIpc) is 3.21. The molecule has 0 bridgehead atoms. The number of amides is 1. The van der Waals surface area contributed by atoms with Crippen molar-refractivity contribution in [3.8, 4) is 5.75 Å². The van der Waals surface area contributed by atoms with E-state index in [9.17, 15) is 18.0 Å². The van der Waals surface area contributed by atoms with Gasteiger partial charge in [-0.05, 0) is 46.5 Å². The number of carbonyl (C=O) groups excluding carboxylic acids is 1. The van der Waals surface area contributed by atoms with E-state index in [2.05, 4.69) is 5.32 Å². The summed E-state index contributed by atoms with van der Waals surface area (Å²) in [6, 6.07) is 20.2. The quantitative estimate of drug-likeness (QED) is 0.383. The number of carbonyl (C=O) groups is 1. The lowest BCUT2D eigenvalue weighted by molar-refractivity contribution is -0.136. The third kappa shape index (κ3) is 4.46. The van der Waals surface area contributed by atoms with Gasteiger partial charge in [-0.3, -0.25) is 4.79 Å². The van der Waals surface area contributed by atoms with Crippen LogP contribution in [0.5, 0.6) is 5.75 Å². The minimum Gasteiger partial charge on any atom is -0.489 e. The Bertz CT molecular complexity index is 1200. The highest BCUT2D eigenvalue weighted by molar-refractivity contribution is 7.12. The molecule has 0 atom stereocenters. The molecule has 0 saturated carbocycles. The lowest BCUT2D eigenvalue weighted by atomic mass is 10.1. The number of para-hydroxylation sites is 1. The molecule has 0 radical (unpaired) electrons. The van der Waals surface area contributed by atoms with E-state index in [0.717, 1.165) is 33.7 Å². The van der Waals surface area contributed by atoms with Gasteiger partial charge >= 0.3 is 6.18 Å². The van der Waals surface area contributed by atoms with Gasteiger partial charge in [0.2, 0.25) is 0 Å². The predicted octanol–water partition coefficient (Wildman–Crippen LogP) is 6.75. The highest BCUT2D eigenvalue weighted by Crippen LogP contribution is 2.35. The van der Waals surface area contributed by atoms with Crippen molar-refractivity contribution in [3.05, 3.63) is 94.2 Å². The topological polar surface area (TPSA) is 38.3 Å². The summed E-state index contributed by atoms with van der Waals surface area (Å²) >= 11 is 1.15. The third-order valence-electron chi connectivity index (χ3n) is 4.48. The minimum absolute atomic E-state index is 0.251. The van der Waals surface area contributed by atoms with E-state index in [1.54, 1.807) is 11.4 Å². The minimum atomic E-state index is -4.54. The van der Waals surface area contributed by atoms with Gasteiger partial charge in [0.05, 0.1) is 16.1 Å². The first-order valence-electron chi connectivity index (χ1n) is 9.07. The lowest BCUT2D eigenvalue weighted by Crippen LogP contribution is -2.15.